The molecule has 0 heterocycles. The molecule has 0 aliphatic carbocycles. The van der Waals surface area contributed by atoms with Crippen molar-refractivity contribution in [2.45, 2.75) is 25.7 Å². The van der Waals surface area contributed by atoms with Crippen LogP contribution in [0, 0.1) is 13.8 Å². The predicted octanol–water partition coefficient (Wildman–Crippen LogP) is 2.84. The van der Waals surface area contributed by atoms with Gasteiger partial charge in [-0.25, -0.2) is 0 Å². The third-order valence-corrected chi connectivity index (χ3v) is 4.65. The van der Waals surface area contributed by atoms with Gasteiger partial charge in [0, 0.05) is 5.56 Å². The lowest BCUT2D eigenvalue weighted by Gasteiger charge is -2.08. The fourth-order valence-electron chi connectivity index (χ4n) is 1.99. The predicted molar refractivity (Wildman–Crippen MR) is 94.1 cm³/mol. The van der Waals surface area contributed by atoms with Crippen molar-refractivity contribution in [1.82, 2.24) is 4.83 Å². The van der Waals surface area contributed by atoms with Crippen molar-refractivity contribution in [2.75, 3.05) is 0 Å². The Bertz CT molecular complexity index is 868. The summed E-state index contributed by atoms with van der Waals surface area (Å²) in [7, 11) is -3.80. The summed E-state index contributed by atoms with van der Waals surface area (Å²) in [6.07, 6.45) is 0. The summed E-state index contributed by atoms with van der Waals surface area (Å²) in [5.41, 5.74) is 3.10. The van der Waals surface area contributed by atoms with Crippen molar-refractivity contribution in [2.24, 2.45) is 10.3 Å². The molecule has 0 atom stereocenters. The van der Waals surface area contributed by atoms with Crippen molar-refractivity contribution in [3.8, 4) is 0 Å². The summed E-state index contributed by atoms with van der Waals surface area (Å²) in [5.74, 6) is 0. The quantitative estimate of drug-likeness (QED) is 0.496. The van der Waals surface area contributed by atoms with Crippen LogP contribution in [0.15, 0.2) is 63.7 Å². The number of hydrogen-bond donors (Lipinski definition) is 2. The van der Waals surface area contributed by atoms with Crippen LogP contribution in [0.2, 0.25) is 0 Å². The van der Waals surface area contributed by atoms with E-state index in [1.807, 2.05) is 26.0 Å². The molecule has 2 rings (SSSR count). The van der Waals surface area contributed by atoms with E-state index >= 15 is 0 Å². The molecule has 2 N–H and O–H groups in total. The molecule has 126 valence electrons. The molecule has 0 aliphatic heterocycles. The van der Waals surface area contributed by atoms with E-state index in [9.17, 15) is 8.42 Å². The fourth-order valence-corrected chi connectivity index (χ4v) is 2.80. The molecule has 2 aromatic carbocycles. The highest BCUT2D eigenvalue weighted by Gasteiger charge is 2.15. The Labute approximate surface area is 141 Å². The number of nitrogens with one attached hydrogen (secondary N) is 1. The summed E-state index contributed by atoms with van der Waals surface area (Å²) < 4.78 is 24.6. The lowest BCUT2D eigenvalue weighted by Crippen LogP contribution is -2.23. The highest BCUT2D eigenvalue weighted by atomic mass is 32.2. The van der Waals surface area contributed by atoms with Crippen LogP contribution >= 0.6 is 0 Å². The fraction of sp³-hybridized carbons (Fsp3) is 0.176. The van der Waals surface area contributed by atoms with E-state index in [4.69, 9.17) is 5.21 Å². The molecule has 2 aromatic rings. The van der Waals surface area contributed by atoms with Crippen molar-refractivity contribution in [3.63, 3.8) is 0 Å². The maximum absolute atomic E-state index is 12.3. The van der Waals surface area contributed by atoms with E-state index in [2.05, 4.69) is 15.1 Å². The van der Waals surface area contributed by atoms with E-state index in [0.717, 1.165) is 11.1 Å². The van der Waals surface area contributed by atoms with Crippen LogP contribution in [0.5, 0.6) is 0 Å². The average Bonchev–Trinajstić information content (AvgIpc) is 2.56. The largest absolute Gasteiger partial charge is 0.411 e. The molecule has 7 heteroatoms. The topological polar surface area (TPSA) is 91.1 Å². The van der Waals surface area contributed by atoms with Gasteiger partial charge in [-0.1, -0.05) is 52.7 Å². The Hall–Kier alpha value is -2.67. The molecule has 6 nitrogen and oxygen atoms in total. The maximum Gasteiger partial charge on any atom is 0.276 e. The van der Waals surface area contributed by atoms with Gasteiger partial charge < -0.3 is 5.21 Å². The number of rotatable bonds is 5. The third kappa shape index (κ3) is 4.20. The van der Waals surface area contributed by atoms with Crippen LogP contribution in [-0.4, -0.2) is 25.0 Å². The summed E-state index contributed by atoms with van der Waals surface area (Å²) in [6, 6.07) is 13.7. The molecular weight excluding hydrogens is 326 g/mol. The van der Waals surface area contributed by atoms with Crippen molar-refractivity contribution >= 4 is 21.4 Å². The SMILES string of the molecule is CC(=N\O)/C(=N\NS(=O)(=O)c1ccc(C)cc1)c1ccc(C)cc1. The number of benzene rings is 2. The Morgan fingerprint density at radius 3 is 1.96 bits per heavy atom. The van der Waals surface area contributed by atoms with Gasteiger partial charge >= 0.3 is 0 Å². The number of nitrogens with zero attached hydrogens (tertiary/aromatic N) is 2. The minimum atomic E-state index is -3.80. The lowest BCUT2D eigenvalue weighted by molar-refractivity contribution is 0.320. The smallest absolute Gasteiger partial charge is 0.276 e. The first-order valence-electron chi connectivity index (χ1n) is 7.26. The Kier molecular flexibility index (Phi) is 5.35. The number of oxime groups is 1. The van der Waals surface area contributed by atoms with E-state index in [0.29, 0.717) is 5.56 Å². The third-order valence-electron chi connectivity index (χ3n) is 3.43. The second-order valence-corrected chi connectivity index (χ2v) is 7.08. The molecular formula is C17H19N3O3S. The first kappa shape index (κ1) is 17.7. The van der Waals surface area contributed by atoms with Gasteiger partial charge in [0.25, 0.3) is 10.0 Å². The number of hydrogen-bond acceptors (Lipinski definition) is 5. The summed E-state index contributed by atoms with van der Waals surface area (Å²) >= 11 is 0. The van der Waals surface area contributed by atoms with E-state index in [1.165, 1.54) is 12.1 Å². The van der Waals surface area contributed by atoms with Gasteiger partial charge in [0.2, 0.25) is 0 Å². The Balaban J connectivity index is 2.37. The molecule has 0 saturated carbocycles. The highest BCUT2D eigenvalue weighted by molar-refractivity contribution is 7.89. The van der Waals surface area contributed by atoms with E-state index in [1.54, 1.807) is 31.2 Å². The average molecular weight is 345 g/mol. The van der Waals surface area contributed by atoms with Gasteiger partial charge in [-0.15, -0.1) is 0 Å². The number of sulfonamides is 1. The first-order chi connectivity index (χ1) is 11.3. The summed E-state index contributed by atoms with van der Waals surface area (Å²) in [4.78, 5) is 2.30. The van der Waals surface area contributed by atoms with Crippen molar-refractivity contribution in [1.29, 1.82) is 0 Å². The minimum Gasteiger partial charge on any atom is -0.411 e. The second-order valence-electron chi connectivity index (χ2n) is 5.42. The van der Waals surface area contributed by atoms with E-state index in [-0.39, 0.29) is 16.3 Å². The lowest BCUT2D eigenvalue weighted by atomic mass is 10.1. The molecule has 0 radical (unpaired) electrons. The van der Waals surface area contributed by atoms with Gasteiger partial charge in [0.05, 0.1) is 4.90 Å². The normalized spacial score (nSPS) is 13.0. The molecule has 0 bridgehead atoms. The second kappa shape index (κ2) is 7.27. The van der Waals surface area contributed by atoms with Crippen LogP contribution in [0.4, 0.5) is 0 Å². The first-order valence-corrected chi connectivity index (χ1v) is 8.74. The molecule has 0 spiro atoms. The number of hydrazone groups is 1. The zero-order valence-corrected chi connectivity index (χ0v) is 14.5. The molecule has 0 fully saturated rings. The zero-order valence-electron chi connectivity index (χ0n) is 13.7. The maximum atomic E-state index is 12.3. The van der Waals surface area contributed by atoms with Crippen LogP contribution in [-0.2, 0) is 10.0 Å². The van der Waals surface area contributed by atoms with E-state index < -0.39 is 10.0 Å². The standard InChI is InChI=1S/C17H19N3O3S/c1-12-4-8-15(9-5-12)17(14(3)19-21)18-20-24(22,23)16-10-6-13(2)7-11-16/h4-11,20-21H,1-3H3/b18-17+,19-14+. The van der Waals surface area contributed by atoms with Gasteiger partial charge in [-0.2, -0.15) is 18.4 Å². The van der Waals surface area contributed by atoms with Crippen molar-refractivity contribution < 1.29 is 13.6 Å². The van der Waals surface area contributed by atoms with Crippen LogP contribution in [0.3, 0.4) is 0 Å². The van der Waals surface area contributed by atoms with Crippen LogP contribution in [0.25, 0.3) is 0 Å². The minimum absolute atomic E-state index is 0.110. The summed E-state index contributed by atoms with van der Waals surface area (Å²) in [5, 5.41) is 16.1. The molecule has 0 unspecified atom stereocenters. The Morgan fingerprint density at radius 1 is 0.958 bits per heavy atom. The van der Waals surface area contributed by atoms with Gasteiger partial charge in [-0.3, -0.25) is 0 Å². The van der Waals surface area contributed by atoms with Crippen LogP contribution in [0.1, 0.15) is 23.6 Å². The number of aryl methyl sites for hydroxylation is 2. The zero-order chi connectivity index (χ0) is 17.7. The molecule has 0 aliphatic rings. The molecule has 0 saturated heterocycles. The van der Waals surface area contributed by atoms with Gasteiger partial charge in [-0.05, 0) is 32.9 Å². The summed E-state index contributed by atoms with van der Waals surface area (Å²) in [6.45, 7) is 5.35. The molecule has 0 aromatic heterocycles. The van der Waals surface area contributed by atoms with Crippen molar-refractivity contribution in [3.05, 3.63) is 65.2 Å². The molecule has 24 heavy (non-hydrogen) atoms. The Morgan fingerprint density at radius 2 is 1.46 bits per heavy atom. The monoisotopic (exact) mass is 345 g/mol. The van der Waals surface area contributed by atoms with Gasteiger partial charge in [0.15, 0.2) is 0 Å². The molecule has 0 amide bonds. The van der Waals surface area contributed by atoms with Crippen LogP contribution < -0.4 is 4.83 Å². The highest BCUT2D eigenvalue weighted by Crippen LogP contribution is 2.11. The van der Waals surface area contributed by atoms with Gasteiger partial charge in [0.1, 0.15) is 11.4 Å².